The van der Waals surface area contributed by atoms with E-state index < -0.39 is 11.8 Å². The van der Waals surface area contributed by atoms with Gasteiger partial charge in [-0.2, -0.15) is 5.26 Å². The first kappa shape index (κ1) is 14.0. The Bertz CT molecular complexity index is 725. The molecule has 0 aliphatic heterocycles. The molecule has 0 spiro atoms. The third kappa shape index (κ3) is 2.95. The quantitative estimate of drug-likeness (QED) is 0.921. The molecule has 2 aromatic carbocycles. The Morgan fingerprint density at radius 1 is 1.25 bits per heavy atom. The van der Waals surface area contributed by atoms with Crippen molar-refractivity contribution in [3.8, 4) is 17.6 Å². The van der Waals surface area contributed by atoms with Gasteiger partial charge in [-0.3, -0.25) is 0 Å². The van der Waals surface area contributed by atoms with Crippen LogP contribution < -0.4 is 4.74 Å². The summed E-state index contributed by atoms with van der Waals surface area (Å²) in [4.78, 5) is 10.8. The van der Waals surface area contributed by atoms with Crippen LogP contribution in [-0.2, 0) is 0 Å². The lowest BCUT2D eigenvalue weighted by Crippen LogP contribution is -1.98. The molecule has 0 radical (unpaired) electrons. The average Bonchev–Trinajstić information content (AvgIpc) is 2.42. The van der Waals surface area contributed by atoms with Gasteiger partial charge in [0.2, 0.25) is 0 Å². The van der Waals surface area contributed by atoms with Gasteiger partial charge in [0.25, 0.3) is 0 Å². The molecule has 0 amide bonds. The molecule has 0 saturated heterocycles. The summed E-state index contributed by atoms with van der Waals surface area (Å²) in [6.07, 6.45) is 0. The van der Waals surface area contributed by atoms with Gasteiger partial charge in [-0.25, -0.2) is 9.18 Å². The van der Waals surface area contributed by atoms with Crippen LogP contribution in [0.15, 0.2) is 40.9 Å². The average molecular weight is 336 g/mol. The monoisotopic (exact) mass is 335 g/mol. The van der Waals surface area contributed by atoms with Gasteiger partial charge in [-0.05, 0) is 36.4 Å². The Hall–Kier alpha value is -2.39. The maximum absolute atomic E-state index is 13.6. The van der Waals surface area contributed by atoms with Crippen molar-refractivity contribution in [1.82, 2.24) is 0 Å². The van der Waals surface area contributed by atoms with Crippen LogP contribution in [0.4, 0.5) is 4.39 Å². The number of carboxylic acid groups (broad SMARTS) is 1. The molecule has 2 aromatic rings. The van der Waals surface area contributed by atoms with Crippen molar-refractivity contribution in [2.24, 2.45) is 0 Å². The van der Waals surface area contributed by atoms with Gasteiger partial charge in [0.05, 0.1) is 11.1 Å². The molecule has 2 rings (SSSR count). The summed E-state index contributed by atoms with van der Waals surface area (Å²) in [5, 5.41) is 17.8. The number of nitriles is 1. The highest BCUT2D eigenvalue weighted by Gasteiger charge is 2.12. The molecule has 0 heterocycles. The van der Waals surface area contributed by atoms with Crippen LogP contribution in [-0.4, -0.2) is 11.1 Å². The Balaban J connectivity index is 2.39. The maximum Gasteiger partial charge on any atom is 0.335 e. The predicted octanol–water partition coefficient (Wildman–Crippen LogP) is 3.95. The highest BCUT2D eigenvalue weighted by Crippen LogP contribution is 2.29. The molecule has 1 N–H and O–H groups in total. The Morgan fingerprint density at radius 3 is 2.55 bits per heavy atom. The second-order valence-corrected chi connectivity index (χ2v) is 4.72. The summed E-state index contributed by atoms with van der Waals surface area (Å²) in [5.74, 6) is -1.69. The SMILES string of the molecule is N#Cc1cc(C(=O)O)ccc1Oc1ccc(Br)cc1F. The highest BCUT2D eigenvalue weighted by atomic mass is 79.9. The van der Waals surface area contributed by atoms with E-state index in [-0.39, 0.29) is 22.6 Å². The summed E-state index contributed by atoms with van der Waals surface area (Å²) < 4.78 is 19.5. The van der Waals surface area contributed by atoms with Crippen molar-refractivity contribution < 1.29 is 19.0 Å². The number of hydrogen-bond acceptors (Lipinski definition) is 3. The molecule has 100 valence electrons. The fourth-order valence-electron chi connectivity index (χ4n) is 1.52. The number of carbonyl (C=O) groups is 1. The minimum absolute atomic E-state index is 0.0206. The van der Waals surface area contributed by atoms with Gasteiger partial charge in [0.15, 0.2) is 11.6 Å². The minimum atomic E-state index is -1.15. The first-order chi connectivity index (χ1) is 9.51. The van der Waals surface area contributed by atoms with E-state index in [4.69, 9.17) is 15.1 Å². The molecule has 0 aromatic heterocycles. The number of aromatic carboxylic acids is 1. The van der Waals surface area contributed by atoms with Crippen molar-refractivity contribution in [2.75, 3.05) is 0 Å². The summed E-state index contributed by atoms with van der Waals surface area (Å²) in [6, 6.07) is 9.84. The van der Waals surface area contributed by atoms with E-state index in [1.54, 1.807) is 6.07 Å². The van der Waals surface area contributed by atoms with Gasteiger partial charge in [-0.1, -0.05) is 15.9 Å². The number of halogens is 2. The zero-order valence-corrected chi connectivity index (χ0v) is 11.5. The second-order valence-electron chi connectivity index (χ2n) is 3.80. The van der Waals surface area contributed by atoms with E-state index in [1.165, 1.54) is 30.3 Å². The number of rotatable bonds is 3. The zero-order valence-electron chi connectivity index (χ0n) is 9.93. The van der Waals surface area contributed by atoms with Gasteiger partial charge in [0.1, 0.15) is 11.8 Å². The first-order valence-corrected chi connectivity index (χ1v) is 6.21. The van der Waals surface area contributed by atoms with Crippen LogP contribution in [0.5, 0.6) is 11.5 Å². The smallest absolute Gasteiger partial charge is 0.335 e. The number of hydrogen-bond donors (Lipinski definition) is 1. The van der Waals surface area contributed by atoms with Crippen LogP contribution >= 0.6 is 15.9 Å². The molecule has 0 fully saturated rings. The zero-order chi connectivity index (χ0) is 14.7. The fraction of sp³-hybridized carbons (Fsp3) is 0. The predicted molar refractivity (Wildman–Crippen MR) is 72.3 cm³/mol. The molecule has 0 saturated carbocycles. The maximum atomic E-state index is 13.6. The van der Waals surface area contributed by atoms with E-state index >= 15 is 0 Å². The lowest BCUT2D eigenvalue weighted by molar-refractivity contribution is 0.0697. The third-order valence-corrected chi connectivity index (χ3v) is 2.95. The van der Waals surface area contributed by atoms with Crippen LogP contribution in [0.2, 0.25) is 0 Å². The van der Waals surface area contributed by atoms with Crippen molar-refractivity contribution in [3.63, 3.8) is 0 Å². The van der Waals surface area contributed by atoms with Gasteiger partial charge in [0, 0.05) is 4.47 Å². The molecule has 0 atom stereocenters. The first-order valence-electron chi connectivity index (χ1n) is 5.41. The van der Waals surface area contributed by atoms with Crippen LogP contribution in [0.1, 0.15) is 15.9 Å². The van der Waals surface area contributed by atoms with E-state index in [0.717, 1.165) is 0 Å². The van der Waals surface area contributed by atoms with Gasteiger partial charge < -0.3 is 9.84 Å². The fourth-order valence-corrected chi connectivity index (χ4v) is 1.85. The molecular weight excluding hydrogens is 329 g/mol. The Kier molecular flexibility index (Phi) is 4.01. The molecule has 0 unspecified atom stereocenters. The number of ether oxygens (including phenoxy) is 1. The lowest BCUT2D eigenvalue weighted by atomic mass is 10.1. The molecule has 0 aliphatic rings. The summed E-state index contributed by atoms with van der Waals surface area (Å²) in [5.41, 5.74) is -0.0163. The number of carboxylic acids is 1. The van der Waals surface area contributed by atoms with Crippen LogP contribution in [0.3, 0.4) is 0 Å². The number of nitrogens with zero attached hydrogens (tertiary/aromatic N) is 1. The van der Waals surface area contributed by atoms with Crippen molar-refractivity contribution in [2.45, 2.75) is 0 Å². The summed E-state index contributed by atoms with van der Waals surface area (Å²) in [7, 11) is 0. The van der Waals surface area contributed by atoms with E-state index in [0.29, 0.717) is 4.47 Å². The molecule has 6 heteroatoms. The van der Waals surface area contributed by atoms with Crippen molar-refractivity contribution >= 4 is 21.9 Å². The number of benzene rings is 2. The Morgan fingerprint density at radius 2 is 1.95 bits per heavy atom. The Labute approximate surface area is 122 Å². The molecular formula is C14H7BrFNO3. The van der Waals surface area contributed by atoms with Crippen LogP contribution in [0, 0.1) is 17.1 Å². The lowest BCUT2D eigenvalue weighted by Gasteiger charge is -2.09. The summed E-state index contributed by atoms with van der Waals surface area (Å²) >= 11 is 3.12. The largest absolute Gasteiger partial charge is 0.478 e. The van der Waals surface area contributed by atoms with E-state index in [1.807, 2.05) is 6.07 Å². The minimum Gasteiger partial charge on any atom is -0.478 e. The molecule has 20 heavy (non-hydrogen) atoms. The molecule has 0 aliphatic carbocycles. The third-order valence-electron chi connectivity index (χ3n) is 2.46. The second kappa shape index (κ2) is 5.72. The van der Waals surface area contributed by atoms with Gasteiger partial charge in [-0.15, -0.1) is 0 Å². The normalized spacial score (nSPS) is 9.85. The molecule has 4 nitrogen and oxygen atoms in total. The summed E-state index contributed by atoms with van der Waals surface area (Å²) in [6.45, 7) is 0. The topological polar surface area (TPSA) is 70.3 Å². The van der Waals surface area contributed by atoms with E-state index in [2.05, 4.69) is 15.9 Å². The van der Waals surface area contributed by atoms with E-state index in [9.17, 15) is 9.18 Å². The van der Waals surface area contributed by atoms with Crippen LogP contribution in [0.25, 0.3) is 0 Å². The van der Waals surface area contributed by atoms with Crippen molar-refractivity contribution in [3.05, 3.63) is 57.8 Å². The highest BCUT2D eigenvalue weighted by molar-refractivity contribution is 9.10. The standard InChI is InChI=1S/C14H7BrFNO3/c15-10-2-4-13(11(16)6-10)20-12-3-1-8(14(18)19)5-9(12)7-17/h1-6H,(H,18,19). The van der Waals surface area contributed by atoms with Gasteiger partial charge >= 0.3 is 5.97 Å². The molecule has 0 bridgehead atoms. The van der Waals surface area contributed by atoms with Crippen molar-refractivity contribution in [1.29, 1.82) is 5.26 Å².